The molecule has 2 atom stereocenters. The fourth-order valence-corrected chi connectivity index (χ4v) is 4.12. The highest BCUT2D eigenvalue weighted by Crippen LogP contribution is 2.35. The number of thioether (sulfide) groups is 1. The normalized spacial score (nSPS) is 34.6. The molecular formula is C12H19N3OS. The third kappa shape index (κ3) is 2.56. The monoisotopic (exact) mass is 253 g/mol. The first-order valence-electron chi connectivity index (χ1n) is 6.52. The molecule has 94 valence electrons. The van der Waals surface area contributed by atoms with Gasteiger partial charge in [-0.05, 0) is 12.8 Å². The summed E-state index contributed by atoms with van der Waals surface area (Å²) < 4.78 is 0. The van der Waals surface area contributed by atoms with Gasteiger partial charge in [0.2, 0.25) is 0 Å². The van der Waals surface area contributed by atoms with Gasteiger partial charge >= 0.3 is 0 Å². The van der Waals surface area contributed by atoms with Crippen LogP contribution in [0.3, 0.4) is 0 Å². The van der Waals surface area contributed by atoms with Crippen LogP contribution in [0.1, 0.15) is 19.3 Å². The second kappa shape index (κ2) is 5.08. The second-order valence-electron chi connectivity index (χ2n) is 5.01. The molecule has 0 amide bonds. The minimum atomic E-state index is 0.154. The van der Waals surface area contributed by atoms with Crippen LogP contribution in [0.25, 0.3) is 0 Å². The first-order chi connectivity index (χ1) is 8.33. The Kier molecular flexibility index (Phi) is 3.49. The maximum absolute atomic E-state index is 11.8. The minimum Gasteiger partial charge on any atom is -0.314 e. The van der Waals surface area contributed by atoms with E-state index in [0.717, 1.165) is 52.0 Å². The zero-order valence-electron chi connectivity index (χ0n) is 10.0. The summed E-state index contributed by atoms with van der Waals surface area (Å²) in [5.74, 6) is 0.422. The topological polar surface area (TPSA) is 44.7 Å². The molecule has 0 unspecified atom stereocenters. The van der Waals surface area contributed by atoms with E-state index in [1.807, 2.05) is 0 Å². The van der Waals surface area contributed by atoms with Gasteiger partial charge in [-0.25, -0.2) is 0 Å². The molecule has 17 heavy (non-hydrogen) atoms. The summed E-state index contributed by atoms with van der Waals surface area (Å²) in [5.41, 5.74) is 0. The fourth-order valence-electron chi connectivity index (χ4n) is 2.77. The number of nitrogens with zero attached hydrogens (tertiary/aromatic N) is 2. The number of ketones is 1. The van der Waals surface area contributed by atoms with Crippen molar-refractivity contribution in [3.63, 3.8) is 0 Å². The Morgan fingerprint density at radius 3 is 3.00 bits per heavy atom. The van der Waals surface area contributed by atoms with Gasteiger partial charge in [0.25, 0.3) is 0 Å². The molecule has 0 bridgehead atoms. The van der Waals surface area contributed by atoms with Crippen LogP contribution in [0, 0.1) is 0 Å². The zero-order valence-corrected chi connectivity index (χ0v) is 10.8. The molecule has 1 aliphatic carbocycles. The smallest absolute Gasteiger partial charge is 0.148 e. The van der Waals surface area contributed by atoms with Crippen LogP contribution in [-0.2, 0) is 4.79 Å². The van der Waals surface area contributed by atoms with E-state index < -0.39 is 0 Å². The summed E-state index contributed by atoms with van der Waals surface area (Å²) in [6, 6.07) is 0.291. The zero-order chi connectivity index (χ0) is 11.7. The molecule has 1 N–H and O–H groups in total. The number of piperazine rings is 1. The van der Waals surface area contributed by atoms with E-state index in [4.69, 9.17) is 4.99 Å². The molecule has 2 fully saturated rings. The van der Waals surface area contributed by atoms with Crippen LogP contribution >= 0.6 is 11.8 Å². The minimum absolute atomic E-state index is 0.154. The summed E-state index contributed by atoms with van der Waals surface area (Å²) in [6.07, 6.45) is 2.91. The molecule has 1 saturated heterocycles. The third-order valence-corrected chi connectivity index (χ3v) is 5.07. The SMILES string of the molecule is O=C1CCC[C@@H]2N=C(CN3CCNCC3)S[C@@H]12. The lowest BCUT2D eigenvalue weighted by Gasteiger charge is -2.26. The van der Waals surface area contributed by atoms with Crippen LogP contribution in [0.5, 0.6) is 0 Å². The highest BCUT2D eigenvalue weighted by molar-refractivity contribution is 8.15. The van der Waals surface area contributed by atoms with Gasteiger partial charge in [0.1, 0.15) is 5.78 Å². The second-order valence-corrected chi connectivity index (χ2v) is 6.23. The number of carbonyl (C=O) groups is 1. The summed E-state index contributed by atoms with van der Waals surface area (Å²) in [5, 5.41) is 4.70. The van der Waals surface area contributed by atoms with Crippen LogP contribution in [0.15, 0.2) is 4.99 Å². The van der Waals surface area contributed by atoms with E-state index in [9.17, 15) is 4.79 Å². The van der Waals surface area contributed by atoms with Gasteiger partial charge in [-0.3, -0.25) is 14.7 Å². The van der Waals surface area contributed by atoms with Crippen molar-refractivity contribution in [2.75, 3.05) is 32.7 Å². The lowest BCUT2D eigenvalue weighted by Crippen LogP contribution is -2.45. The average Bonchev–Trinajstić information content (AvgIpc) is 2.74. The van der Waals surface area contributed by atoms with E-state index in [1.165, 1.54) is 5.04 Å². The molecule has 1 saturated carbocycles. The van der Waals surface area contributed by atoms with Gasteiger partial charge in [-0.1, -0.05) is 11.8 Å². The van der Waals surface area contributed by atoms with Crippen molar-refractivity contribution < 1.29 is 4.79 Å². The molecule has 3 rings (SSSR count). The molecule has 3 aliphatic rings. The van der Waals surface area contributed by atoms with Gasteiger partial charge in [0, 0.05) is 39.1 Å². The summed E-state index contributed by atoms with van der Waals surface area (Å²) in [7, 11) is 0. The van der Waals surface area contributed by atoms with E-state index in [1.54, 1.807) is 11.8 Å². The van der Waals surface area contributed by atoms with Crippen molar-refractivity contribution in [2.24, 2.45) is 4.99 Å². The van der Waals surface area contributed by atoms with Gasteiger partial charge in [-0.15, -0.1) is 0 Å². The number of carbonyl (C=O) groups excluding carboxylic acids is 1. The first kappa shape index (κ1) is 11.7. The quantitative estimate of drug-likeness (QED) is 0.779. The lowest BCUT2D eigenvalue weighted by atomic mass is 9.94. The summed E-state index contributed by atoms with van der Waals surface area (Å²) in [4.78, 5) is 19.0. The number of fused-ring (bicyclic) bond motifs is 1. The number of rotatable bonds is 2. The fraction of sp³-hybridized carbons (Fsp3) is 0.833. The van der Waals surface area contributed by atoms with E-state index in [2.05, 4.69) is 10.2 Å². The number of Topliss-reactive ketones (excluding diaryl/α,β-unsaturated/α-hetero) is 1. The Balaban J connectivity index is 1.59. The predicted molar refractivity (Wildman–Crippen MR) is 70.8 cm³/mol. The Bertz CT molecular complexity index is 339. The maximum atomic E-state index is 11.8. The Morgan fingerprint density at radius 2 is 2.24 bits per heavy atom. The number of hydrogen-bond donors (Lipinski definition) is 1. The van der Waals surface area contributed by atoms with Gasteiger partial charge < -0.3 is 5.32 Å². The predicted octanol–water partition coefficient (Wildman–Crippen LogP) is 0.527. The largest absolute Gasteiger partial charge is 0.314 e. The van der Waals surface area contributed by atoms with Crippen molar-refractivity contribution in [2.45, 2.75) is 30.6 Å². The molecule has 0 radical (unpaired) electrons. The Morgan fingerprint density at radius 1 is 1.41 bits per heavy atom. The highest BCUT2D eigenvalue weighted by atomic mass is 32.2. The molecule has 2 aliphatic heterocycles. The van der Waals surface area contributed by atoms with Gasteiger partial charge in [0.15, 0.2) is 0 Å². The van der Waals surface area contributed by atoms with Crippen molar-refractivity contribution in [1.82, 2.24) is 10.2 Å². The molecule has 5 heteroatoms. The van der Waals surface area contributed by atoms with Crippen LogP contribution in [0.4, 0.5) is 0 Å². The third-order valence-electron chi connectivity index (χ3n) is 3.73. The summed E-state index contributed by atoms with van der Waals surface area (Å²) >= 11 is 1.73. The molecule has 0 spiro atoms. The maximum Gasteiger partial charge on any atom is 0.148 e. The van der Waals surface area contributed by atoms with Crippen molar-refractivity contribution in [3.8, 4) is 0 Å². The molecule has 2 heterocycles. The number of aliphatic imine (C=N–C) groups is 1. The highest BCUT2D eigenvalue weighted by Gasteiger charge is 2.38. The Labute approximate surface area is 106 Å². The molecular weight excluding hydrogens is 234 g/mol. The Hall–Kier alpha value is -0.390. The number of nitrogens with one attached hydrogen (secondary N) is 1. The van der Waals surface area contributed by atoms with E-state index in [-0.39, 0.29) is 5.25 Å². The van der Waals surface area contributed by atoms with E-state index >= 15 is 0 Å². The van der Waals surface area contributed by atoms with Crippen LogP contribution in [-0.4, -0.2) is 59.7 Å². The van der Waals surface area contributed by atoms with Crippen molar-refractivity contribution in [1.29, 1.82) is 0 Å². The molecule has 0 aromatic carbocycles. The van der Waals surface area contributed by atoms with Crippen LogP contribution in [0.2, 0.25) is 0 Å². The van der Waals surface area contributed by atoms with Gasteiger partial charge in [0.05, 0.1) is 16.3 Å². The molecule has 4 nitrogen and oxygen atoms in total. The lowest BCUT2D eigenvalue weighted by molar-refractivity contribution is -0.119. The first-order valence-corrected chi connectivity index (χ1v) is 7.40. The van der Waals surface area contributed by atoms with Crippen molar-refractivity contribution in [3.05, 3.63) is 0 Å². The van der Waals surface area contributed by atoms with Gasteiger partial charge in [-0.2, -0.15) is 0 Å². The standard InChI is InChI=1S/C12H19N3OS/c16-10-3-1-2-9-12(10)17-11(14-9)8-15-6-4-13-5-7-15/h9,12-13H,1-8H2/t9-,12+/m0/s1. The summed E-state index contributed by atoms with van der Waals surface area (Å²) in [6.45, 7) is 5.30. The molecule has 0 aromatic heterocycles. The molecule has 0 aromatic rings. The van der Waals surface area contributed by atoms with E-state index in [0.29, 0.717) is 11.8 Å². The average molecular weight is 253 g/mol. The number of hydrogen-bond acceptors (Lipinski definition) is 5. The van der Waals surface area contributed by atoms with Crippen LogP contribution < -0.4 is 5.32 Å². The van der Waals surface area contributed by atoms with Crippen molar-refractivity contribution >= 4 is 22.6 Å².